The lowest BCUT2D eigenvalue weighted by atomic mass is 10.1. The normalized spacial score (nSPS) is 12.1. The van der Waals surface area contributed by atoms with Gasteiger partial charge in [0, 0.05) is 5.69 Å². The van der Waals surface area contributed by atoms with Crippen LogP contribution in [0.5, 0.6) is 0 Å². The highest BCUT2D eigenvalue weighted by atomic mass is 31.2. The van der Waals surface area contributed by atoms with Crippen LogP contribution in [-0.2, 0) is 4.57 Å². The van der Waals surface area contributed by atoms with Crippen LogP contribution in [0.4, 0.5) is 0 Å². The van der Waals surface area contributed by atoms with E-state index in [0.717, 1.165) is 11.1 Å². The number of hydrogen-bond donors (Lipinski definition) is 0. The van der Waals surface area contributed by atoms with Gasteiger partial charge in [-0.15, -0.1) is 0 Å². The van der Waals surface area contributed by atoms with Crippen LogP contribution in [0.3, 0.4) is 0 Å². The molecule has 0 bridgehead atoms. The van der Waals surface area contributed by atoms with Crippen LogP contribution >= 0.6 is 7.14 Å². The standard InChI is InChI=1S/C10H16NOP/c1-8(2)9-6-5-7-10(11-9)13(3,4)12/h5-8H,1-4H3. The summed E-state index contributed by atoms with van der Waals surface area (Å²) in [6.07, 6.45) is 0. The smallest absolute Gasteiger partial charge is 0.127 e. The lowest BCUT2D eigenvalue weighted by Gasteiger charge is -2.09. The average Bonchev–Trinajstić information content (AvgIpc) is 2.03. The molecule has 1 rings (SSSR count). The summed E-state index contributed by atoms with van der Waals surface area (Å²) in [7, 11) is -2.20. The number of pyridine rings is 1. The first kappa shape index (κ1) is 10.5. The fraction of sp³-hybridized carbons (Fsp3) is 0.500. The van der Waals surface area contributed by atoms with Gasteiger partial charge in [0.25, 0.3) is 0 Å². The molecule has 0 spiro atoms. The lowest BCUT2D eigenvalue weighted by molar-refractivity contribution is 0.587. The Morgan fingerprint density at radius 2 is 1.92 bits per heavy atom. The zero-order chi connectivity index (χ0) is 10.1. The molecule has 13 heavy (non-hydrogen) atoms. The van der Waals surface area contributed by atoms with Crippen LogP contribution in [0.25, 0.3) is 0 Å². The van der Waals surface area contributed by atoms with Crippen LogP contribution in [-0.4, -0.2) is 18.3 Å². The van der Waals surface area contributed by atoms with Crippen molar-refractivity contribution < 1.29 is 4.57 Å². The molecular weight excluding hydrogens is 181 g/mol. The number of rotatable bonds is 2. The zero-order valence-electron chi connectivity index (χ0n) is 8.61. The van der Waals surface area contributed by atoms with Crippen molar-refractivity contribution in [2.75, 3.05) is 13.3 Å². The third-order valence-electron chi connectivity index (χ3n) is 1.90. The van der Waals surface area contributed by atoms with Gasteiger partial charge in [-0.1, -0.05) is 19.9 Å². The Kier molecular flexibility index (Phi) is 2.92. The van der Waals surface area contributed by atoms with Crippen LogP contribution in [0, 0.1) is 0 Å². The first-order chi connectivity index (χ1) is 5.91. The maximum Gasteiger partial charge on any atom is 0.127 e. The van der Waals surface area contributed by atoms with Gasteiger partial charge in [-0.05, 0) is 31.4 Å². The number of aromatic nitrogens is 1. The highest BCUT2D eigenvalue weighted by Crippen LogP contribution is 2.33. The van der Waals surface area contributed by atoms with E-state index >= 15 is 0 Å². The molecule has 3 heteroatoms. The Bertz CT molecular complexity index is 341. The Balaban J connectivity index is 3.13. The second kappa shape index (κ2) is 3.63. The Labute approximate surface area is 79.8 Å². The lowest BCUT2D eigenvalue weighted by Crippen LogP contribution is -2.10. The van der Waals surface area contributed by atoms with Crippen molar-refractivity contribution in [3.63, 3.8) is 0 Å². The van der Waals surface area contributed by atoms with Gasteiger partial charge in [0.1, 0.15) is 7.14 Å². The molecular formula is C10H16NOP. The second-order valence-corrected chi connectivity index (χ2v) is 7.09. The monoisotopic (exact) mass is 197 g/mol. The predicted octanol–water partition coefficient (Wildman–Crippen LogP) is 2.45. The molecule has 1 aromatic rings. The maximum absolute atomic E-state index is 11.7. The molecule has 0 saturated carbocycles. The maximum atomic E-state index is 11.7. The average molecular weight is 197 g/mol. The van der Waals surface area contributed by atoms with Gasteiger partial charge in [-0.2, -0.15) is 0 Å². The van der Waals surface area contributed by atoms with Gasteiger partial charge in [0.05, 0.1) is 5.44 Å². The molecule has 0 amide bonds. The predicted molar refractivity (Wildman–Crippen MR) is 57.4 cm³/mol. The highest BCUT2D eigenvalue weighted by Gasteiger charge is 2.13. The second-order valence-electron chi connectivity index (χ2n) is 3.93. The van der Waals surface area contributed by atoms with Crippen molar-refractivity contribution in [2.45, 2.75) is 19.8 Å². The summed E-state index contributed by atoms with van der Waals surface area (Å²) in [5.41, 5.74) is 1.75. The van der Waals surface area contributed by atoms with Crippen LogP contribution in [0.2, 0.25) is 0 Å². The van der Waals surface area contributed by atoms with E-state index in [0.29, 0.717) is 5.92 Å². The molecule has 1 heterocycles. The summed E-state index contributed by atoms with van der Waals surface area (Å²) in [5.74, 6) is 0.395. The first-order valence-corrected chi connectivity index (χ1v) is 7.04. The molecule has 0 unspecified atom stereocenters. The molecule has 0 aliphatic rings. The van der Waals surface area contributed by atoms with E-state index in [1.807, 2.05) is 18.2 Å². The van der Waals surface area contributed by atoms with E-state index in [2.05, 4.69) is 18.8 Å². The highest BCUT2D eigenvalue weighted by molar-refractivity contribution is 7.69. The van der Waals surface area contributed by atoms with Gasteiger partial charge < -0.3 is 4.57 Å². The molecule has 0 aromatic carbocycles. The minimum Gasteiger partial charge on any atom is -0.318 e. The summed E-state index contributed by atoms with van der Waals surface area (Å²) >= 11 is 0. The summed E-state index contributed by atoms with van der Waals surface area (Å²) in [6, 6.07) is 5.74. The van der Waals surface area contributed by atoms with Crippen molar-refractivity contribution in [3.05, 3.63) is 23.9 Å². The van der Waals surface area contributed by atoms with Gasteiger partial charge >= 0.3 is 0 Å². The van der Waals surface area contributed by atoms with Crippen LogP contribution in [0.1, 0.15) is 25.5 Å². The van der Waals surface area contributed by atoms with E-state index in [1.165, 1.54) is 0 Å². The Hall–Kier alpha value is -0.620. The molecule has 1 aromatic heterocycles. The summed E-state index contributed by atoms with van der Waals surface area (Å²) in [4.78, 5) is 4.38. The van der Waals surface area contributed by atoms with E-state index < -0.39 is 7.14 Å². The molecule has 0 fully saturated rings. The van der Waals surface area contributed by atoms with Crippen molar-refractivity contribution in [3.8, 4) is 0 Å². The van der Waals surface area contributed by atoms with Crippen molar-refractivity contribution >= 4 is 12.6 Å². The van der Waals surface area contributed by atoms with E-state index in [1.54, 1.807) is 13.3 Å². The zero-order valence-corrected chi connectivity index (χ0v) is 9.51. The van der Waals surface area contributed by atoms with Crippen LogP contribution in [0.15, 0.2) is 18.2 Å². The Morgan fingerprint density at radius 1 is 1.31 bits per heavy atom. The number of nitrogens with zero attached hydrogens (tertiary/aromatic N) is 1. The molecule has 0 radical (unpaired) electrons. The molecule has 0 saturated heterocycles. The molecule has 0 atom stereocenters. The molecule has 72 valence electrons. The molecule has 2 nitrogen and oxygen atoms in total. The molecule has 0 N–H and O–H groups in total. The minimum atomic E-state index is -2.20. The fourth-order valence-electron chi connectivity index (χ4n) is 1.06. The van der Waals surface area contributed by atoms with Crippen molar-refractivity contribution in [1.29, 1.82) is 0 Å². The van der Waals surface area contributed by atoms with Gasteiger partial charge in [0.2, 0.25) is 0 Å². The minimum absolute atomic E-state index is 0.395. The third kappa shape index (κ3) is 2.67. The van der Waals surface area contributed by atoms with E-state index in [-0.39, 0.29) is 0 Å². The quantitative estimate of drug-likeness (QED) is 0.681. The fourth-order valence-corrected chi connectivity index (χ4v) is 1.86. The van der Waals surface area contributed by atoms with Crippen molar-refractivity contribution in [2.24, 2.45) is 0 Å². The summed E-state index contributed by atoms with van der Waals surface area (Å²) < 4.78 is 11.7. The van der Waals surface area contributed by atoms with Crippen molar-refractivity contribution in [1.82, 2.24) is 4.98 Å². The third-order valence-corrected chi connectivity index (χ3v) is 3.25. The summed E-state index contributed by atoms with van der Waals surface area (Å²) in [5, 5.41) is 0. The molecule has 0 aliphatic carbocycles. The van der Waals surface area contributed by atoms with Gasteiger partial charge in [-0.3, -0.25) is 0 Å². The summed E-state index contributed by atoms with van der Waals surface area (Å²) in [6.45, 7) is 7.67. The van der Waals surface area contributed by atoms with Gasteiger partial charge in [0.15, 0.2) is 0 Å². The Morgan fingerprint density at radius 3 is 2.38 bits per heavy atom. The van der Waals surface area contributed by atoms with E-state index in [9.17, 15) is 4.57 Å². The van der Waals surface area contributed by atoms with E-state index in [4.69, 9.17) is 0 Å². The van der Waals surface area contributed by atoms with Crippen LogP contribution < -0.4 is 5.44 Å². The first-order valence-electron chi connectivity index (χ1n) is 4.44. The topological polar surface area (TPSA) is 30.0 Å². The van der Waals surface area contributed by atoms with Gasteiger partial charge in [-0.25, -0.2) is 4.98 Å². The largest absolute Gasteiger partial charge is 0.318 e. The number of hydrogen-bond acceptors (Lipinski definition) is 2. The molecule has 0 aliphatic heterocycles. The SMILES string of the molecule is CC(C)c1cccc(P(C)(C)=O)n1.